The van der Waals surface area contributed by atoms with E-state index >= 15 is 0 Å². The Morgan fingerprint density at radius 1 is 1.08 bits per heavy atom. The standard InChI is InChI=1S/C20H21N3O2/c1-25-16-9-7-15(8-10-16)11-14-22-12-4-13-23-19(24)17-5-2-3-6-18(17)21-20(22)23/h2-3,5-10H,4,11-14H2,1H3. The van der Waals surface area contributed by atoms with E-state index in [1.807, 2.05) is 41.0 Å². The third kappa shape index (κ3) is 2.97. The second kappa shape index (κ2) is 6.59. The first-order valence-corrected chi connectivity index (χ1v) is 8.64. The van der Waals surface area contributed by atoms with Gasteiger partial charge in [0.15, 0.2) is 0 Å². The van der Waals surface area contributed by atoms with Crippen LogP contribution in [0.5, 0.6) is 5.75 Å². The van der Waals surface area contributed by atoms with Crippen LogP contribution in [0.1, 0.15) is 12.0 Å². The number of rotatable bonds is 4. The molecule has 1 aromatic heterocycles. The van der Waals surface area contributed by atoms with E-state index in [1.165, 1.54) is 5.56 Å². The van der Waals surface area contributed by atoms with Gasteiger partial charge in [0.1, 0.15) is 5.75 Å². The van der Waals surface area contributed by atoms with Gasteiger partial charge in [-0.15, -0.1) is 0 Å². The number of anilines is 1. The lowest BCUT2D eigenvalue weighted by molar-refractivity contribution is 0.414. The van der Waals surface area contributed by atoms with Gasteiger partial charge in [0.05, 0.1) is 18.0 Å². The average molecular weight is 335 g/mol. The molecular formula is C20H21N3O2. The monoisotopic (exact) mass is 335 g/mol. The first-order chi connectivity index (χ1) is 12.3. The van der Waals surface area contributed by atoms with E-state index in [9.17, 15) is 4.79 Å². The van der Waals surface area contributed by atoms with Crippen molar-refractivity contribution in [2.24, 2.45) is 0 Å². The van der Waals surface area contributed by atoms with Crippen molar-refractivity contribution in [3.05, 3.63) is 64.4 Å². The smallest absolute Gasteiger partial charge is 0.262 e. The van der Waals surface area contributed by atoms with Crippen molar-refractivity contribution < 1.29 is 4.74 Å². The lowest BCUT2D eigenvalue weighted by Crippen LogP contribution is -2.39. The van der Waals surface area contributed by atoms with E-state index in [2.05, 4.69) is 17.0 Å². The fraction of sp³-hybridized carbons (Fsp3) is 0.300. The maximum atomic E-state index is 12.7. The van der Waals surface area contributed by atoms with Crippen LogP contribution in [0.4, 0.5) is 5.95 Å². The molecule has 25 heavy (non-hydrogen) atoms. The molecule has 4 rings (SSSR count). The summed E-state index contributed by atoms with van der Waals surface area (Å²) >= 11 is 0. The molecule has 0 saturated heterocycles. The molecule has 128 valence electrons. The number of methoxy groups -OCH3 is 1. The van der Waals surface area contributed by atoms with Gasteiger partial charge in [-0.05, 0) is 42.7 Å². The molecule has 0 spiro atoms. The summed E-state index contributed by atoms with van der Waals surface area (Å²) in [6, 6.07) is 15.7. The Bertz CT molecular complexity index is 947. The Balaban J connectivity index is 1.61. The van der Waals surface area contributed by atoms with Crippen molar-refractivity contribution in [1.29, 1.82) is 0 Å². The Morgan fingerprint density at radius 2 is 1.88 bits per heavy atom. The zero-order valence-electron chi connectivity index (χ0n) is 14.3. The molecule has 0 atom stereocenters. The minimum absolute atomic E-state index is 0.0646. The number of aromatic nitrogens is 2. The van der Waals surface area contributed by atoms with Crippen LogP contribution in [0.25, 0.3) is 10.9 Å². The molecule has 2 aromatic carbocycles. The summed E-state index contributed by atoms with van der Waals surface area (Å²) in [6.07, 6.45) is 1.88. The SMILES string of the molecule is COc1ccc(CCN2CCCn3c2nc2ccccc2c3=O)cc1. The van der Waals surface area contributed by atoms with Gasteiger partial charge in [-0.3, -0.25) is 9.36 Å². The van der Waals surface area contributed by atoms with Crippen molar-refractivity contribution >= 4 is 16.9 Å². The van der Waals surface area contributed by atoms with Crippen molar-refractivity contribution in [3.8, 4) is 5.75 Å². The fourth-order valence-corrected chi connectivity index (χ4v) is 3.39. The number of para-hydroxylation sites is 1. The molecule has 0 aliphatic carbocycles. The van der Waals surface area contributed by atoms with E-state index in [1.54, 1.807) is 7.11 Å². The minimum Gasteiger partial charge on any atom is -0.497 e. The molecule has 0 fully saturated rings. The van der Waals surface area contributed by atoms with Crippen LogP contribution >= 0.6 is 0 Å². The second-order valence-corrected chi connectivity index (χ2v) is 6.32. The third-order valence-electron chi connectivity index (χ3n) is 4.76. The quantitative estimate of drug-likeness (QED) is 0.735. The number of benzene rings is 2. The summed E-state index contributed by atoms with van der Waals surface area (Å²) in [4.78, 5) is 19.7. The van der Waals surface area contributed by atoms with Gasteiger partial charge in [-0.1, -0.05) is 24.3 Å². The summed E-state index contributed by atoms with van der Waals surface area (Å²) in [5.74, 6) is 1.66. The lowest BCUT2D eigenvalue weighted by Gasteiger charge is -2.31. The second-order valence-electron chi connectivity index (χ2n) is 6.32. The van der Waals surface area contributed by atoms with Gasteiger partial charge >= 0.3 is 0 Å². The summed E-state index contributed by atoms with van der Waals surface area (Å²) in [7, 11) is 1.67. The molecule has 1 aliphatic heterocycles. The van der Waals surface area contributed by atoms with Crippen LogP contribution in [0.2, 0.25) is 0 Å². The molecular weight excluding hydrogens is 314 g/mol. The van der Waals surface area contributed by atoms with E-state index in [0.29, 0.717) is 5.39 Å². The summed E-state index contributed by atoms with van der Waals surface area (Å²) in [5.41, 5.74) is 2.09. The molecule has 5 heteroatoms. The highest BCUT2D eigenvalue weighted by Gasteiger charge is 2.20. The van der Waals surface area contributed by atoms with Crippen LogP contribution in [-0.2, 0) is 13.0 Å². The predicted octanol–water partition coefficient (Wildman–Crippen LogP) is 2.86. The van der Waals surface area contributed by atoms with Crippen molar-refractivity contribution in [2.45, 2.75) is 19.4 Å². The third-order valence-corrected chi connectivity index (χ3v) is 4.76. The fourth-order valence-electron chi connectivity index (χ4n) is 3.39. The topological polar surface area (TPSA) is 47.4 Å². The minimum atomic E-state index is 0.0646. The van der Waals surface area contributed by atoms with Crippen molar-refractivity contribution in [3.63, 3.8) is 0 Å². The zero-order valence-corrected chi connectivity index (χ0v) is 14.3. The molecule has 5 nitrogen and oxygen atoms in total. The Kier molecular flexibility index (Phi) is 4.14. The highest BCUT2D eigenvalue weighted by atomic mass is 16.5. The van der Waals surface area contributed by atoms with Gasteiger partial charge in [0.2, 0.25) is 5.95 Å². The highest BCUT2D eigenvalue weighted by Crippen LogP contribution is 2.20. The zero-order chi connectivity index (χ0) is 17.2. The molecule has 0 bridgehead atoms. The van der Waals surface area contributed by atoms with Gasteiger partial charge in [0, 0.05) is 19.6 Å². The van der Waals surface area contributed by atoms with E-state index in [-0.39, 0.29) is 5.56 Å². The van der Waals surface area contributed by atoms with Crippen LogP contribution in [0.3, 0.4) is 0 Å². The van der Waals surface area contributed by atoms with Crippen LogP contribution in [0.15, 0.2) is 53.3 Å². The Labute approximate surface area is 146 Å². The summed E-state index contributed by atoms with van der Waals surface area (Å²) in [6.45, 7) is 2.52. The highest BCUT2D eigenvalue weighted by molar-refractivity contribution is 5.78. The van der Waals surface area contributed by atoms with Gasteiger partial charge in [-0.25, -0.2) is 4.98 Å². The molecule has 2 heterocycles. The predicted molar refractivity (Wildman–Crippen MR) is 99.5 cm³/mol. The first kappa shape index (κ1) is 15.7. The maximum absolute atomic E-state index is 12.7. The van der Waals surface area contributed by atoms with E-state index in [4.69, 9.17) is 9.72 Å². The van der Waals surface area contributed by atoms with E-state index in [0.717, 1.165) is 49.7 Å². The number of nitrogens with zero attached hydrogens (tertiary/aromatic N) is 3. The van der Waals surface area contributed by atoms with Crippen molar-refractivity contribution in [1.82, 2.24) is 9.55 Å². The maximum Gasteiger partial charge on any atom is 0.262 e. The first-order valence-electron chi connectivity index (χ1n) is 8.64. The van der Waals surface area contributed by atoms with Gasteiger partial charge < -0.3 is 9.64 Å². The summed E-state index contributed by atoms with van der Waals surface area (Å²) in [5, 5.41) is 0.697. The molecule has 0 saturated carbocycles. The number of fused-ring (bicyclic) bond motifs is 2. The molecule has 1 aliphatic rings. The van der Waals surface area contributed by atoms with E-state index < -0.39 is 0 Å². The molecule has 0 radical (unpaired) electrons. The molecule has 0 unspecified atom stereocenters. The van der Waals surface area contributed by atoms with Crippen LogP contribution in [-0.4, -0.2) is 29.8 Å². The molecule has 0 amide bonds. The van der Waals surface area contributed by atoms with Gasteiger partial charge in [0.25, 0.3) is 5.56 Å². The molecule has 0 N–H and O–H groups in total. The Hall–Kier alpha value is -2.82. The average Bonchev–Trinajstić information content (AvgIpc) is 2.67. The normalized spacial score (nSPS) is 13.7. The number of hydrogen-bond donors (Lipinski definition) is 0. The van der Waals surface area contributed by atoms with Crippen LogP contribution < -0.4 is 15.2 Å². The van der Waals surface area contributed by atoms with Crippen molar-refractivity contribution in [2.75, 3.05) is 25.1 Å². The van der Waals surface area contributed by atoms with Gasteiger partial charge in [-0.2, -0.15) is 0 Å². The lowest BCUT2D eigenvalue weighted by atomic mass is 10.1. The van der Waals surface area contributed by atoms with Crippen LogP contribution in [0, 0.1) is 0 Å². The largest absolute Gasteiger partial charge is 0.497 e. The molecule has 3 aromatic rings. The number of ether oxygens (including phenoxy) is 1. The Morgan fingerprint density at radius 3 is 2.68 bits per heavy atom. The number of hydrogen-bond acceptors (Lipinski definition) is 4. The summed E-state index contributed by atoms with van der Waals surface area (Å²) < 4.78 is 7.03.